The third-order valence-electron chi connectivity index (χ3n) is 5.65. The number of phenols is 1. The van der Waals surface area contributed by atoms with Crippen LogP contribution in [0.25, 0.3) is 0 Å². The van der Waals surface area contributed by atoms with Crippen molar-refractivity contribution in [2.45, 2.75) is 25.0 Å². The lowest BCUT2D eigenvalue weighted by Crippen LogP contribution is -2.50. The van der Waals surface area contributed by atoms with Crippen molar-refractivity contribution in [2.24, 2.45) is 5.73 Å². The van der Waals surface area contributed by atoms with Crippen LogP contribution in [-0.2, 0) is 9.53 Å². The highest BCUT2D eigenvalue weighted by Crippen LogP contribution is 2.17. The highest BCUT2D eigenvalue weighted by Gasteiger charge is 2.28. The topological polar surface area (TPSA) is 166 Å². The van der Waals surface area contributed by atoms with E-state index < -0.39 is 17.9 Å². The number of rotatable bonds is 10. The number of ketones is 1. The molecule has 0 saturated carbocycles. The van der Waals surface area contributed by atoms with Crippen molar-refractivity contribution >= 4 is 23.5 Å². The molecule has 1 aliphatic rings. The van der Waals surface area contributed by atoms with Crippen molar-refractivity contribution < 1.29 is 29.3 Å². The maximum Gasteiger partial charge on any atom is 0.329 e. The van der Waals surface area contributed by atoms with E-state index in [2.05, 4.69) is 5.32 Å². The summed E-state index contributed by atoms with van der Waals surface area (Å²) in [7, 11) is 0. The molecule has 0 aliphatic carbocycles. The number of nitrogens with zero attached hydrogens (tertiary/aromatic N) is 1. The Balaban J connectivity index is 1.70. The minimum absolute atomic E-state index is 0.0335. The number of likely N-dealkylation sites (tertiary alicyclic amines) is 1. The molecule has 3 rings (SSSR count). The molecule has 34 heavy (non-hydrogen) atoms. The van der Waals surface area contributed by atoms with E-state index in [-0.39, 0.29) is 36.6 Å². The molecule has 1 fully saturated rings. The smallest absolute Gasteiger partial charge is 0.329 e. The second-order valence-corrected chi connectivity index (χ2v) is 8.13. The molecular formula is C24H28N4O6. The number of aliphatic carboxylic acids is 1. The Morgan fingerprint density at radius 1 is 1.03 bits per heavy atom. The largest absolute Gasteiger partial charge is 0.508 e. The molecule has 0 bridgehead atoms. The highest BCUT2D eigenvalue weighted by atomic mass is 16.5. The van der Waals surface area contributed by atoms with Crippen molar-refractivity contribution in [1.29, 1.82) is 5.41 Å². The predicted molar refractivity (Wildman–Crippen MR) is 124 cm³/mol. The number of amidine groups is 1. The Morgan fingerprint density at radius 2 is 1.59 bits per heavy atom. The fourth-order valence-corrected chi connectivity index (χ4v) is 3.77. The zero-order chi connectivity index (χ0) is 24.7. The van der Waals surface area contributed by atoms with Crippen molar-refractivity contribution in [3.05, 3.63) is 65.2 Å². The number of piperidine rings is 1. The number of carbonyl (C=O) groups excluding carboxylic acids is 2. The molecule has 2 aromatic rings. The number of hydrogen-bond acceptors (Lipinski definition) is 7. The molecular weight excluding hydrogens is 440 g/mol. The first kappa shape index (κ1) is 24.9. The lowest BCUT2D eigenvalue weighted by molar-refractivity contribution is -0.145. The van der Waals surface area contributed by atoms with Crippen molar-refractivity contribution in [1.82, 2.24) is 10.2 Å². The van der Waals surface area contributed by atoms with Crippen LogP contribution in [-0.4, -0.2) is 77.0 Å². The van der Waals surface area contributed by atoms with Crippen LogP contribution in [0.5, 0.6) is 5.75 Å². The van der Waals surface area contributed by atoms with E-state index >= 15 is 0 Å². The number of nitrogens with one attached hydrogen (secondary N) is 2. The van der Waals surface area contributed by atoms with Crippen LogP contribution in [0, 0.1) is 5.41 Å². The molecule has 1 atom stereocenters. The number of benzene rings is 2. The summed E-state index contributed by atoms with van der Waals surface area (Å²) in [5.41, 5.74) is 6.63. The van der Waals surface area contributed by atoms with E-state index in [0.29, 0.717) is 42.6 Å². The quantitative estimate of drug-likeness (QED) is 0.197. The monoisotopic (exact) mass is 468 g/mol. The van der Waals surface area contributed by atoms with E-state index in [1.54, 1.807) is 24.3 Å². The normalized spacial score (nSPS) is 15.4. The van der Waals surface area contributed by atoms with E-state index in [0.717, 1.165) is 0 Å². The van der Waals surface area contributed by atoms with Gasteiger partial charge in [0, 0.05) is 36.3 Å². The van der Waals surface area contributed by atoms with Crippen molar-refractivity contribution in [3.8, 4) is 5.75 Å². The van der Waals surface area contributed by atoms with Gasteiger partial charge in [0.1, 0.15) is 24.2 Å². The van der Waals surface area contributed by atoms with Gasteiger partial charge in [0.25, 0.3) is 5.91 Å². The molecule has 0 radical (unpaired) electrons. The van der Waals surface area contributed by atoms with Gasteiger partial charge in [0.15, 0.2) is 5.78 Å². The van der Waals surface area contributed by atoms with Gasteiger partial charge in [-0.15, -0.1) is 0 Å². The van der Waals surface area contributed by atoms with Crippen LogP contribution in [0.15, 0.2) is 48.5 Å². The van der Waals surface area contributed by atoms with E-state index in [1.807, 2.05) is 4.90 Å². The van der Waals surface area contributed by atoms with E-state index in [9.17, 15) is 19.5 Å². The van der Waals surface area contributed by atoms with Gasteiger partial charge in [-0.05, 0) is 49.2 Å². The fourth-order valence-electron chi connectivity index (χ4n) is 3.77. The summed E-state index contributed by atoms with van der Waals surface area (Å²) in [6.45, 7) is 1.10. The van der Waals surface area contributed by atoms with Gasteiger partial charge in [0.05, 0.1) is 6.10 Å². The number of amides is 1. The maximum absolute atomic E-state index is 13.2. The average molecular weight is 469 g/mol. The first-order chi connectivity index (χ1) is 16.2. The number of Topliss-reactive ketones (excluding diaryl/α,β-unsaturated/α-hetero) is 1. The number of hydrogen-bond donors (Lipinski definition) is 5. The number of nitrogen functional groups attached to an aromatic ring is 1. The molecule has 1 saturated heterocycles. The summed E-state index contributed by atoms with van der Waals surface area (Å²) in [5.74, 6) is -1.82. The van der Waals surface area contributed by atoms with Crippen LogP contribution >= 0.6 is 0 Å². The first-order valence-electron chi connectivity index (χ1n) is 10.9. The second kappa shape index (κ2) is 11.4. The number of ether oxygens (including phenoxy) is 1. The molecule has 10 heteroatoms. The molecule has 10 nitrogen and oxygen atoms in total. The van der Waals surface area contributed by atoms with Gasteiger partial charge >= 0.3 is 5.97 Å². The Kier molecular flexibility index (Phi) is 8.34. The third-order valence-corrected chi connectivity index (χ3v) is 5.65. The van der Waals surface area contributed by atoms with Crippen molar-refractivity contribution in [3.63, 3.8) is 0 Å². The van der Waals surface area contributed by atoms with Crippen LogP contribution in [0.4, 0.5) is 0 Å². The molecule has 0 aromatic heterocycles. The number of aromatic hydroxyl groups is 1. The summed E-state index contributed by atoms with van der Waals surface area (Å²) in [4.78, 5) is 38.8. The molecule has 1 amide bonds. The van der Waals surface area contributed by atoms with Crippen molar-refractivity contribution in [2.75, 3.05) is 26.2 Å². The lowest BCUT2D eigenvalue weighted by Gasteiger charge is -2.33. The number of carboxylic acid groups (broad SMARTS) is 1. The molecule has 0 spiro atoms. The maximum atomic E-state index is 13.2. The highest BCUT2D eigenvalue weighted by molar-refractivity contribution is 6.05. The summed E-state index contributed by atoms with van der Waals surface area (Å²) < 4.78 is 5.36. The number of phenolic OH excluding ortho intramolecular Hbond substituents is 1. The third kappa shape index (κ3) is 6.87. The van der Waals surface area contributed by atoms with Crippen LogP contribution in [0.3, 0.4) is 0 Å². The standard InChI is InChI=1S/C24H28N4O6/c25-23(26)16-1-3-17(4-2-16)24(33)27-20(22(32)15-5-7-18(29)8-6-15)13-28-11-9-19(10-12-28)34-14-21(30)31/h1-8,19-20,29H,9-14H2,(H3,25,26)(H,27,33)(H,30,31). The van der Waals surface area contributed by atoms with E-state index in [1.165, 1.54) is 24.3 Å². The summed E-state index contributed by atoms with van der Waals surface area (Å²) in [6, 6.07) is 11.2. The molecule has 6 N–H and O–H groups in total. The SMILES string of the molecule is N=C(N)c1ccc(C(=O)NC(CN2CCC(OCC(=O)O)CC2)C(=O)c2ccc(O)cc2)cc1. The van der Waals surface area contributed by atoms with Gasteiger partial charge in [-0.1, -0.05) is 12.1 Å². The van der Waals surface area contributed by atoms with Gasteiger partial charge in [-0.2, -0.15) is 0 Å². The number of nitrogens with two attached hydrogens (primary N) is 1. The Labute approximate surface area is 196 Å². The second-order valence-electron chi connectivity index (χ2n) is 8.13. The summed E-state index contributed by atoms with van der Waals surface area (Å²) in [6.07, 6.45) is 1.08. The molecule has 180 valence electrons. The summed E-state index contributed by atoms with van der Waals surface area (Å²) >= 11 is 0. The zero-order valence-corrected chi connectivity index (χ0v) is 18.6. The van der Waals surface area contributed by atoms with Gasteiger partial charge in [-0.3, -0.25) is 15.0 Å². The Hall–Kier alpha value is -3.76. The van der Waals surface area contributed by atoms with Gasteiger partial charge in [-0.25, -0.2) is 4.79 Å². The molecule has 1 heterocycles. The van der Waals surface area contributed by atoms with Crippen LogP contribution < -0.4 is 11.1 Å². The number of carboxylic acids is 1. The van der Waals surface area contributed by atoms with E-state index in [4.69, 9.17) is 21.0 Å². The van der Waals surface area contributed by atoms with Crippen LogP contribution in [0.1, 0.15) is 39.1 Å². The molecule has 2 aromatic carbocycles. The van der Waals surface area contributed by atoms with Gasteiger partial charge < -0.3 is 30.9 Å². The zero-order valence-electron chi connectivity index (χ0n) is 18.6. The Bertz CT molecular complexity index is 1030. The predicted octanol–water partition coefficient (Wildman–Crippen LogP) is 1.22. The minimum atomic E-state index is -1.01. The fraction of sp³-hybridized carbons (Fsp3) is 0.333. The molecule has 1 unspecified atom stereocenters. The first-order valence-corrected chi connectivity index (χ1v) is 10.9. The minimum Gasteiger partial charge on any atom is -0.508 e. The summed E-state index contributed by atoms with van der Waals surface area (Å²) in [5, 5.41) is 28.6. The average Bonchev–Trinajstić information content (AvgIpc) is 2.83. The lowest BCUT2D eigenvalue weighted by atomic mass is 10.0. The Morgan fingerprint density at radius 3 is 2.15 bits per heavy atom. The molecule has 1 aliphatic heterocycles. The van der Waals surface area contributed by atoms with Crippen LogP contribution in [0.2, 0.25) is 0 Å². The number of carbonyl (C=O) groups is 3. The van der Waals surface area contributed by atoms with Gasteiger partial charge in [0.2, 0.25) is 0 Å².